The van der Waals surface area contributed by atoms with Gasteiger partial charge >= 0.3 is 0 Å². The molecule has 4 atom stereocenters. The van der Waals surface area contributed by atoms with Crippen molar-refractivity contribution in [3.05, 3.63) is 0 Å². The molecule has 3 saturated carbocycles. The number of nitrogens with one attached hydrogen (secondary N) is 1. The summed E-state index contributed by atoms with van der Waals surface area (Å²) < 4.78 is 0. The SMILES string of the molecule is C[C@@H](NC1CC2CCC1(C)C2(C)C)C1CCCCCC1. The molecule has 1 N–H and O–H groups in total. The maximum Gasteiger partial charge on any atom is 0.0131 e. The molecular weight excluding hydrogens is 242 g/mol. The zero-order valence-electron chi connectivity index (χ0n) is 14.2. The highest BCUT2D eigenvalue weighted by Crippen LogP contribution is 2.65. The summed E-state index contributed by atoms with van der Waals surface area (Å²) in [5, 5.41) is 4.10. The highest BCUT2D eigenvalue weighted by Gasteiger charge is 2.61. The first kappa shape index (κ1) is 14.9. The molecule has 20 heavy (non-hydrogen) atoms. The summed E-state index contributed by atoms with van der Waals surface area (Å²) in [6, 6.07) is 1.50. The van der Waals surface area contributed by atoms with E-state index in [1.165, 1.54) is 57.8 Å². The topological polar surface area (TPSA) is 12.0 Å². The Bertz CT molecular complexity index is 340. The van der Waals surface area contributed by atoms with Gasteiger partial charge in [-0.2, -0.15) is 0 Å². The van der Waals surface area contributed by atoms with Crippen molar-refractivity contribution in [1.82, 2.24) is 5.32 Å². The van der Waals surface area contributed by atoms with Crippen LogP contribution in [-0.4, -0.2) is 12.1 Å². The van der Waals surface area contributed by atoms with E-state index >= 15 is 0 Å². The summed E-state index contributed by atoms with van der Waals surface area (Å²) in [4.78, 5) is 0. The Morgan fingerprint density at radius 1 is 0.950 bits per heavy atom. The molecule has 0 saturated heterocycles. The molecule has 0 aromatic rings. The Morgan fingerprint density at radius 3 is 2.10 bits per heavy atom. The Labute approximate surface area is 126 Å². The van der Waals surface area contributed by atoms with E-state index in [4.69, 9.17) is 0 Å². The normalized spacial score (nSPS) is 42.6. The summed E-state index contributed by atoms with van der Waals surface area (Å²) in [7, 11) is 0. The Morgan fingerprint density at radius 2 is 1.60 bits per heavy atom. The van der Waals surface area contributed by atoms with Gasteiger partial charge in [0, 0.05) is 12.1 Å². The van der Waals surface area contributed by atoms with E-state index in [2.05, 4.69) is 33.0 Å². The lowest BCUT2D eigenvalue weighted by atomic mass is 9.69. The van der Waals surface area contributed by atoms with E-state index in [1.807, 2.05) is 0 Å². The molecule has 0 aliphatic heterocycles. The molecule has 3 aliphatic rings. The molecule has 3 rings (SSSR count). The average Bonchev–Trinajstić information content (AvgIpc) is 2.68. The van der Waals surface area contributed by atoms with Crippen LogP contribution in [0.2, 0.25) is 0 Å². The lowest BCUT2D eigenvalue weighted by Gasteiger charge is -2.41. The van der Waals surface area contributed by atoms with Crippen molar-refractivity contribution in [2.45, 2.75) is 97.6 Å². The molecule has 0 spiro atoms. The molecule has 2 bridgehead atoms. The first-order valence-corrected chi connectivity index (χ1v) is 9.21. The summed E-state index contributed by atoms with van der Waals surface area (Å²) in [5.74, 6) is 1.90. The van der Waals surface area contributed by atoms with Crippen LogP contribution in [0, 0.1) is 22.7 Å². The number of fused-ring (bicyclic) bond motifs is 2. The fourth-order valence-corrected chi connectivity index (χ4v) is 5.72. The quantitative estimate of drug-likeness (QED) is 0.703. The van der Waals surface area contributed by atoms with Crippen LogP contribution in [0.15, 0.2) is 0 Å². The largest absolute Gasteiger partial charge is 0.311 e. The monoisotopic (exact) mass is 277 g/mol. The molecule has 0 aromatic heterocycles. The van der Waals surface area contributed by atoms with Crippen LogP contribution >= 0.6 is 0 Å². The van der Waals surface area contributed by atoms with Crippen molar-refractivity contribution >= 4 is 0 Å². The first-order valence-electron chi connectivity index (χ1n) is 9.21. The van der Waals surface area contributed by atoms with E-state index in [0.717, 1.165) is 23.9 Å². The second-order valence-corrected chi connectivity index (χ2v) is 8.87. The molecule has 0 amide bonds. The third kappa shape index (κ3) is 2.25. The Hall–Kier alpha value is -0.0400. The second kappa shape index (κ2) is 5.30. The zero-order chi connectivity index (χ0) is 14.4. The maximum atomic E-state index is 4.10. The van der Waals surface area contributed by atoms with Gasteiger partial charge < -0.3 is 5.32 Å². The van der Waals surface area contributed by atoms with Gasteiger partial charge in [0.25, 0.3) is 0 Å². The Balaban J connectivity index is 1.64. The smallest absolute Gasteiger partial charge is 0.0131 e. The minimum Gasteiger partial charge on any atom is -0.311 e. The molecule has 1 heteroatoms. The second-order valence-electron chi connectivity index (χ2n) is 8.87. The molecule has 3 unspecified atom stereocenters. The molecule has 3 fully saturated rings. The highest BCUT2D eigenvalue weighted by molar-refractivity contribution is 5.13. The minimum atomic E-state index is 0.538. The minimum absolute atomic E-state index is 0.538. The van der Waals surface area contributed by atoms with Gasteiger partial charge in [0.15, 0.2) is 0 Å². The van der Waals surface area contributed by atoms with Crippen molar-refractivity contribution < 1.29 is 0 Å². The number of hydrogen-bond acceptors (Lipinski definition) is 1. The predicted molar refractivity (Wildman–Crippen MR) is 86.8 cm³/mol. The molecule has 1 nitrogen and oxygen atoms in total. The summed E-state index contributed by atoms with van der Waals surface area (Å²) in [6.07, 6.45) is 13.1. The number of hydrogen-bond donors (Lipinski definition) is 1. The van der Waals surface area contributed by atoms with Crippen LogP contribution in [0.5, 0.6) is 0 Å². The zero-order valence-corrected chi connectivity index (χ0v) is 14.2. The molecule has 116 valence electrons. The Kier molecular flexibility index (Phi) is 3.95. The third-order valence-corrected chi connectivity index (χ3v) is 7.87. The van der Waals surface area contributed by atoms with Crippen LogP contribution in [0.4, 0.5) is 0 Å². The van der Waals surface area contributed by atoms with E-state index in [9.17, 15) is 0 Å². The van der Waals surface area contributed by atoms with Gasteiger partial charge in [-0.25, -0.2) is 0 Å². The van der Waals surface area contributed by atoms with E-state index in [1.54, 1.807) is 0 Å². The van der Waals surface area contributed by atoms with E-state index < -0.39 is 0 Å². The fraction of sp³-hybridized carbons (Fsp3) is 1.00. The lowest BCUT2D eigenvalue weighted by Crippen LogP contribution is -2.49. The van der Waals surface area contributed by atoms with E-state index in [0.29, 0.717) is 10.8 Å². The predicted octanol–water partition coefficient (Wildman–Crippen LogP) is 5.15. The van der Waals surface area contributed by atoms with Crippen LogP contribution in [0.25, 0.3) is 0 Å². The molecule has 0 aromatic carbocycles. The standard InChI is InChI=1S/C19H35N/c1-14(15-9-7-5-6-8-10-15)20-17-13-16-11-12-19(17,4)18(16,2)3/h14-17,20H,5-13H2,1-4H3/t14-,16?,17?,19?/m1/s1. The van der Waals surface area contributed by atoms with Crippen LogP contribution in [-0.2, 0) is 0 Å². The van der Waals surface area contributed by atoms with Crippen LogP contribution in [0.3, 0.4) is 0 Å². The van der Waals surface area contributed by atoms with Gasteiger partial charge in [0.05, 0.1) is 0 Å². The van der Waals surface area contributed by atoms with Gasteiger partial charge in [-0.1, -0.05) is 46.5 Å². The van der Waals surface area contributed by atoms with Gasteiger partial charge in [-0.3, -0.25) is 0 Å². The molecule has 0 heterocycles. The molecular formula is C19H35N. The van der Waals surface area contributed by atoms with Crippen LogP contribution in [0.1, 0.15) is 85.5 Å². The summed E-state index contributed by atoms with van der Waals surface area (Å²) in [5.41, 5.74) is 1.09. The van der Waals surface area contributed by atoms with Gasteiger partial charge in [0.2, 0.25) is 0 Å². The van der Waals surface area contributed by atoms with Gasteiger partial charge in [-0.15, -0.1) is 0 Å². The first-order chi connectivity index (χ1) is 9.45. The average molecular weight is 277 g/mol. The lowest BCUT2D eigenvalue weighted by molar-refractivity contribution is 0.110. The molecule has 3 aliphatic carbocycles. The van der Waals surface area contributed by atoms with Crippen molar-refractivity contribution in [2.75, 3.05) is 0 Å². The highest BCUT2D eigenvalue weighted by atomic mass is 15.0. The molecule has 0 radical (unpaired) electrons. The van der Waals surface area contributed by atoms with Crippen LogP contribution < -0.4 is 5.32 Å². The van der Waals surface area contributed by atoms with Crippen molar-refractivity contribution in [3.63, 3.8) is 0 Å². The van der Waals surface area contributed by atoms with Gasteiger partial charge in [-0.05, 0) is 61.7 Å². The fourth-order valence-electron chi connectivity index (χ4n) is 5.72. The van der Waals surface area contributed by atoms with Crippen molar-refractivity contribution in [3.8, 4) is 0 Å². The summed E-state index contributed by atoms with van der Waals surface area (Å²) in [6.45, 7) is 10.1. The van der Waals surface area contributed by atoms with Crippen molar-refractivity contribution in [1.29, 1.82) is 0 Å². The maximum absolute atomic E-state index is 4.10. The third-order valence-electron chi connectivity index (χ3n) is 7.87. The van der Waals surface area contributed by atoms with E-state index in [-0.39, 0.29) is 0 Å². The summed E-state index contributed by atoms with van der Waals surface area (Å²) >= 11 is 0. The number of rotatable bonds is 3. The van der Waals surface area contributed by atoms with Crippen molar-refractivity contribution in [2.24, 2.45) is 22.7 Å². The van der Waals surface area contributed by atoms with Gasteiger partial charge in [0.1, 0.15) is 0 Å².